The van der Waals surface area contributed by atoms with E-state index in [4.69, 9.17) is 10.3 Å². The van der Waals surface area contributed by atoms with Crippen molar-refractivity contribution in [2.45, 2.75) is 25.3 Å². The second kappa shape index (κ2) is 3.86. The number of rotatable bonds is 3. The first kappa shape index (κ1) is 10.6. The number of aromatic nitrogens is 5. The van der Waals surface area contributed by atoms with Crippen molar-refractivity contribution in [1.29, 1.82) is 0 Å². The van der Waals surface area contributed by atoms with Crippen LogP contribution in [-0.2, 0) is 6.54 Å². The Hall–Kier alpha value is -2.28. The summed E-state index contributed by atoms with van der Waals surface area (Å²) in [5, 5.41) is 12.1. The molecule has 0 saturated heterocycles. The molecule has 19 heavy (non-hydrogen) atoms. The first-order valence-corrected chi connectivity index (χ1v) is 6.23. The van der Waals surface area contributed by atoms with Crippen LogP contribution in [0, 0.1) is 0 Å². The van der Waals surface area contributed by atoms with Crippen LogP contribution in [0.25, 0.3) is 17.1 Å². The molecule has 0 aliphatic heterocycles. The Morgan fingerprint density at radius 2 is 2.21 bits per heavy atom. The summed E-state index contributed by atoms with van der Waals surface area (Å²) >= 11 is 0. The standard InChI is InChI=1S/C12H12N6O/c13-5-10-16-15-9-4-3-8(6-18(9)10)12-14-11(17-19-12)7-1-2-7/h3-4,6-7H,1-2,5,13H2. The van der Waals surface area contributed by atoms with Gasteiger partial charge in [-0.2, -0.15) is 4.98 Å². The van der Waals surface area contributed by atoms with Crippen molar-refractivity contribution in [3.63, 3.8) is 0 Å². The molecule has 96 valence electrons. The van der Waals surface area contributed by atoms with Crippen molar-refractivity contribution in [2.24, 2.45) is 5.73 Å². The summed E-state index contributed by atoms with van der Waals surface area (Å²) in [5.74, 6) is 2.52. The highest BCUT2D eigenvalue weighted by Gasteiger charge is 2.29. The quantitative estimate of drug-likeness (QED) is 0.754. The summed E-state index contributed by atoms with van der Waals surface area (Å²) in [4.78, 5) is 4.43. The van der Waals surface area contributed by atoms with Crippen LogP contribution in [0.1, 0.15) is 30.4 Å². The van der Waals surface area contributed by atoms with Gasteiger partial charge in [0.2, 0.25) is 0 Å². The third-order valence-electron chi connectivity index (χ3n) is 3.29. The minimum absolute atomic E-state index is 0.335. The molecule has 1 aliphatic rings. The van der Waals surface area contributed by atoms with Gasteiger partial charge in [-0.15, -0.1) is 10.2 Å². The Labute approximate surface area is 108 Å². The highest BCUT2D eigenvalue weighted by molar-refractivity contribution is 5.56. The van der Waals surface area contributed by atoms with Crippen molar-refractivity contribution in [3.8, 4) is 11.5 Å². The SMILES string of the molecule is NCc1nnc2ccc(-c3nc(C4CC4)no3)cn12. The zero-order valence-corrected chi connectivity index (χ0v) is 10.2. The molecule has 1 saturated carbocycles. The fourth-order valence-electron chi connectivity index (χ4n) is 2.06. The number of fused-ring (bicyclic) bond motifs is 1. The fraction of sp³-hybridized carbons (Fsp3) is 0.333. The van der Waals surface area contributed by atoms with E-state index in [2.05, 4.69) is 20.3 Å². The lowest BCUT2D eigenvalue weighted by molar-refractivity contribution is 0.422. The molecular formula is C12H12N6O. The molecule has 3 aromatic rings. The zero-order chi connectivity index (χ0) is 12.8. The average molecular weight is 256 g/mol. The lowest BCUT2D eigenvalue weighted by Crippen LogP contribution is -2.02. The van der Waals surface area contributed by atoms with Gasteiger partial charge in [0, 0.05) is 12.1 Å². The van der Waals surface area contributed by atoms with Gasteiger partial charge in [-0.05, 0) is 25.0 Å². The fourth-order valence-corrected chi connectivity index (χ4v) is 2.06. The van der Waals surface area contributed by atoms with Crippen molar-refractivity contribution in [3.05, 3.63) is 30.0 Å². The summed E-state index contributed by atoms with van der Waals surface area (Å²) in [7, 11) is 0. The van der Waals surface area contributed by atoms with Gasteiger partial charge in [0.05, 0.1) is 12.1 Å². The average Bonchev–Trinajstić information content (AvgIpc) is 3.04. The predicted molar refractivity (Wildman–Crippen MR) is 66.1 cm³/mol. The van der Waals surface area contributed by atoms with Crippen molar-refractivity contribution >= 4 is 5.65 Å². The van der Waals surface area contributed by atoms with E-state index in [1.54, 1.807) is 0 Å². The van der Waals surface area contributed by atoms with Crippen LogP contribution in [-0.4, -0.2) is 24.7 Å². The van der Waals surface area contributed by atoms with Crippen LogP contribution in [0.5, 0.6) is 0 Å². The molecule has 3 heterocycles. The first-order valence-electron chi connectivity index (χ1n) is 6.23. The van der Waals surface area contributed by atoms with Crippen LogP contribution < -0.4 is 5.73 Å². The molecule has 7 heteroatoms. The van der Waals surface area contributed by atoms with E-state index in [0.29, 0.717) is 24.2 Å². The molecule has 3 aromatic heterocycles. The normalized spacial score (nSPS) is 15.2. The Morgan fingerprint density at radius 1 is 1.32 bits per heavy atom. The van der Waals surface area contributed by atoms with E-state index in [1.807, 2.05) is 22.7 Å². The largest absolute Gasteiger partial charge is 0.334 e. The predicted octanol–water partition coefficient (Wildman–Crippen LogP) is 1.12. The van der Waals surface area contributed by atoms with Crippen molar-refractivity contribution in [1.82, 2.24) is 24.7 Å². The van der Waals surface area contributed by atoms with Gasteiger partial charge in [-0.1, -0.05) is 5.16 Å². The minimum Gasteiger partial charge on any atom is -0.334 e. The Bertz CT molecular complexity index is 742. The number of nitrogens with zero attached hydrogens (tertiary/aromatic N) is 5. The molecule has 1 aliphatic carbocycles. The van der Waals surface area contributed by atoms with E-state index in [-0.39, 0.29) is 0 Å². The van der Waals surface area contributed by atoms with Crippen LogP contribution in [0.15, 0.2) is 22.9 Å². The van der Waals surface area contributed by atoms with E-state index >= 15 is 0 Å². The molecule has 0 spiro atoms. The summed E-state index contributed by atoms with van der Waals surface area (Å²) in [6.45, 7) is 0.335. The number of hydrogen-bond acceptors (Lipinski definition) is 6. The molecular weight excluding hydrogens is 244 g/mol. The second-order valence-corrected chi connectivity index (χ2v) is 4.70. The van der Waals surface area contributed by atoms with Gasteiger partial charge < -0.3 is 10.3 Å². The van der Waals surface area contributed by atoms with Crippen LogP contribution in [0.3, 0.4) is 0 Å². The maximum absolute atomic E-state index is 5.63. The summed E-state index contributed by atoms with van der Waals surface area (Å²) < 4.78 is 7.15. The first-order chi connectivity index (χ1) is 9.35. The van der Waals surface area contributed by atoms with E-state index in [9.17, 15) is 0 Å². The topological polar surface area (TPSA) is 95.1 Å². The van der Waals surface area contributed by atoms with Crippen LogP contribution >= 0.6 is 0 Å². The minimum atomic E-state index is 0.335. The summed E-state index contributed by atoms with van der Waals surface area (Å²) in [5.41, 5.74) is 7.23. The van der Waals surface area contributed by atoms with E-state index in [0.717, 1.165) is 29.9 Å². The van der Waals surface area contributed by atoms with Gasteiger partial charge >= 0.3 is 0 Å². The molecule has 0 amide bonds. The molecule has 0 atom stereocenters. The van der Waals surface area contributed by atoms with Gasteiger partial charge in [-0.25, -0.2) is 0 Å². The third-order valence-corrected chi connectivity index (χ3v) is 3.29. The van der Waals surface area contributed by atoms with E-state index in [1.165, 1.54) is 0 Å². The van der Waals surface area contributed by atoms with Crippen molar-refractivity contribution in [2.75, 3.05) is 0 Å². The van der Waals surface area contributed by atoms with Gasteiger partial charge in [0.15, 0.2) is 17.3 Å². The number of nitrogens with two attached hydrogens (primary N) is 1. The summed E-state index contributed by atoms with van der Waals surface area (Å²) in [6, 6.07) is 3.76. The zero-order valence-electron chi connectivity index (χ0n) is 10.2. The van der Waals surface area contributed by atoms with E-state index < -0.39 is 0 Å². The Kier molecular flexibility index (Phi) is 2.16. The number of hydrogen-bond donors (Lipinski definition) is 1. The number of pyridine rings is 1. The monoisotopic (exact) mass is 256 g/mol. The molecule has 1 fully saturated rings. The Balaban J connectivity index is 1.80. The smallest absolute Gasteiger partial charge is 0.259 e. The van der Waals surface area contributed by atoms with Gasteiger partial charge in [0.25, 0.3) is 5.89 Å². The molecule has 0 unspecified atom stereocenters. The maximum Gasteiger partial charge on any atom is 0.259 e. The second-order valence-electron chi connectivity index (χ2n) is 4.70. The third kappa shape index (κ3) is 1.70. The maximum atomic E-state index is 5.63. The van der Waals surface area contributed by atoms with Crippen LogP contribution in [0.4, 0.5) is 0 Å². The van der Waals surface area contributed by atoms with Gasteiger partial charge in [0.1, 0.15) is 0 Å². The molecule has 0 aromatic carbocycles. The molecule has 4 rings (SSSR count). The molecule has 0 bridgehead atoms. The molecule has 7 nitrogen and oxygen atoms in total. The van der Waals surface area contributed by atoms with Gasteiger partial charge in [-0.3, -0.25) is 4.40 Å². The highest BCUT2D eigenvalue weighted by Crippen LogP contribution is 2.38. The lowest BCUT2D eigenvalue weighted by Gasteiger charge is -1.98. The Morgan fingerprint density at radius 3 is 3.00 bits per heavy atom. The lowest BCUT2D eigenvalue weighted by atomic mass is 10.3. The highest BCUT2D eigenvalue weighted by atomic mass is 16.5. The molecule has 0 radical (unpaired) electrons. The molecule has 2 N–H and O–H groups in total. The van der Waals surface area contributed by atoms with Crippen molar-refractivity contribution < 1.29 is 4.52 Å². The summed E-state index contributed by atoms with van der Waals surface area (Å²) in [6.07, 6.45) is 4.18. The van der Waals surface area contributed by atoms with Crippen LogP contribution in [0.2, 0.25) is 0 Å².